The fraction of sp³-hybridized carbons (Fsp3) is 0.318. The van der Waals surface area contributed by atoms with Crippen LogP contribution >= 0.6 is 0 Å². The summed E-state index contributed by atoms with van der Waals surface area (Å²) in [5.41, 5.74) is 4.93. The Labute approximate surface area is 171 Å². The van der Waals surface area contributed by atoms with Crippen LogP contribution in [0.5, 0.6) is 5.75 Å². The molecule has 0 unspecified atom stereocenters. The zero-order chi connectivity index (χ0) is 21.1. The first kappa shape index (κ1) is 21.9. The molecule has 0 radical (unpaired) electrons. The van der Waals surface area contributed by atoms with Crippen LogP contribution in [0, 0.1) is 0 Å². The predicted molar refractivity (Wildman–Crippen MR) is 115 cm³/mol. The van der Waals surface area contributed by atoms with E-state index in [1.807, 2.05) is 63.2 Å². The van der Waals surface area contributed by atoms with Crippen molar-refractivity contribution in [1.82, 2.24) is 10.3 Å². The topological polar surface area (TPSA) is 83.0 Å². The van der Waals surface area contributed by atoms with Crippen LogP contribution in [0.4, 0.5) is 5.69 Å². The molecule has 2 rings (SSSR count). The van der Waals surface area contributed by atoms with E-state index in [4.69, 9.17) is 4.74 Å². The number of benzene rings is 2. The van der Waals surface area contributed by atoms with Crippen molar-refractivity contribution in [2.24, 2.45) is 5.10 Å². The molecule has 0 aliphatic carbocycles. The quantitative estimate of drug-likeness (QED) is 0.478. The van der Waals surface area contributed by atoms with Crippen molar-refractivity contribution >= 4 is 23.2 Å². The highest BCUT2D eigenvalue weighted by molar-refractivity contribution is 5.99. The number of ether oxygens (including phenoxy) is 1. The molecule has 7 nitrogen and oxygen atoms in total. The molecule has 0 saturated carbocycles. The van der Waals surface area contributed by atoms with E-state index in [2.05, 4.69) is 15.8 Å². The van der Waals surface area contributed by atoms with Gasteiger partial charge in [0.2, 0.25) is 0 Å². The smallest absolute Gasteiger partial charge is 0.260 e. The normalized spacial score (nSPS) is 10.9. The van der Waals surface area contributed by atoms with Crippen molar-refractivity contribution in [3.63, 3.8) is 0 Å². The summed E-state index contributed by atoms with van der Waals surface area (Å²) >= 11 is 0. The standard InChI is InChI=1S/C22H28N4O3/c1-4-26(5-2)22(28)16-29-20-13-11-18(12-14-20)17(3)24-25-21(27)15-23-19-9-7-6-8-10-19/h6-14,23H,4-5,15-16H2,1-3H3,(H,25,27)/b24-17-. The van der Waals surface area contributed by atoms with E-state index in [-0.39, 0.29) is 25.0 Å². The first-order valence-corrected chi connectivity index (χ1v) is 9.66. The second kappa shape index (κ2) is 11.5. The van der Waals surface area contributed by atoms with Crippen molar-refractivity contribution in [3.8, 4) is 5.75 Å². The third-order valence-electron chi connectivity index (χ3n) is 4.33. The van der Waals surface area contributed by atoms with Crippen molar-refractivity contribution in [2.75, 3.05) is 31.6 Å². The lowest BCUT2D eigenvalue weighted by Crippen LogP contribution is -2.34. The second-order valence-corrected chi connectivity index (χ2v) is 6.33. The number of anilines is 1. The molecule has 0 atom stereocenters. The second-order valence-electron chi connectivity index (χ2n) is 6.33. The summed E-state index contributed by atoms with van der Waals surface area (Å²) < 4.78 is 5.55. The van der Waals surface area contributed by atoms with Crippen LogP contribution in [-0.4, -0.2) is 48.7 Å². The summed E-state index contributed by atoms with van der Waals surface area (Å²) in [6.07, 6.45) is 0. The zero-order valence-electron chi connectivity index (χ0n) is 17.1. The summed E-state index contributed by atoms with van der Waals surface area (Å²) in [5.74, 6) is 0.338. The third kappa shape index (κ3) is 7.29. The number of amides is 2. The van der Waals surface area contributed by atoms with E-state index in [1.54, 1.807) is 17.0 Å². The summed E-state index contributed by atoms with van der Waals surface area (Å²) in [7, 11) is 0. The Morgan fingerprint density at radius 3 is 2.28 bits per heavy atom. The van der Waals surface area contributed by atoms with E-state index in [0.717, 1.165) is 11.3 Å². The number of hydrazone groups is 1. The minimum atomic E-state index is -0.233. The summed E-state index contributed by atoms with van der Waals surface area (Å²) in [6, 6.07) is 16.7. The molecule has 0 spiro atoms. The lowest BCUT2D eigenvalue weighted by molar-refractivity contribution is -0.133. The SMILES string of the molecule is CCN(CC)C(=O)COc1ccc(/C(C)=N\NC(=O)CNc2ccccc2)cc1. The number of rotatable bonds is 10. The molecule has 0 saturated heterocycles. The molecule has 2 aromatic rings. The maximum absolute atomic E-state index is 12.0. The Hall–Kier alpha value is -3.35. The van der Waals surface area contributed by atoms with E-state index < -0.39 is 0 Å². The average molecular weight is 396 g/mol. The van der Waals surface area contributed by atoms with Gasteiger partial charge in [0.05, 0.1) is 12.3 Å². The Morgan fingerprint density at radius 2 is 1.66 bits per heavy atom. The van der Waals surface area contributed by atoms with Gasteiger partial charge in [0.15, 0.2) is 6.61 Å². The molecule has 2 amide bonds. The number of carbonyl (C=O) groups excluding carboxylic acids is 2. The lowest BCUT2D eigenvalue weighted by Gasteiger charge is -2.18. The number of para-hydroxylation sites is 1. The number of hydrogen-bond acceptors (Lipinski definition) is 5. The number of hydrogen-bond donors (Lipinski definition) is 2. The molecule has 29 heavy (non-hydrogen) atoms. The number of nitrogens with one attached hydrogen (secondary N) is 2. The van der Waals surface area contributed by atoms with E-state index in [0.29, 0.717) is 24.6 Å². The minimum Gasteiger partial charge on any atom is -0.484 e. The maximum atomic E-state index is 12.0. The van der Waals surface area contributed by atoms with Gasteiger partial charge in [0.25, 0.3) is 11.8 Å². The van der Waals surface area contributed by atoms with Crippen LogP contribution < -0.4 is 15.5 Å². The molecule has 2 N–H and O–H groups in total. The number of carbonyl (C=O) groups is 2. The van der Waals surface area contributed by atoms with Crippen molar-refractivity contribution in [1.29, 1.82) is 0 Å². The number of nitrogens with zero attached hydrogens (tertiary/aromatic N) is 2. The van der Waals surface area contributed by atoms with Crippen LogP contribution in [0.25, 0.3) is 0 Å². The fourth-order valence-electron chi connectivity index (χ4n) is 2.59. The van der Waals surface area contributed by atoms with Gasteiger partial charge in [-0.1, -0.05) is 18.2 Å². The molecule has 7 heteroatoms. The van der Waals surface area contributed by atoms with Gasteiger partial charge >= 0.3 is 0 Å². The minimum absolute atomic E-state index is 0.0125. The molecule has 0 heterocycles. The lowest BCUT2D eigenvalue weighted by atomic mass is 10.1. The predicted octanol–water partition coefficient (Wildman–Crippen LogP) is 2.89. The van der Waals surface area contributed by atoms with Crippen LogP contribution in [0.2, 0.25) is 0 Å². The van der Waals surface area contributed by atoms with Crippen LogP contribution in [-0.2, 0) is 9.59 Å². The molecule has 0 aliphatic rings. The van der Waals surface area contributed by atoms with Gasteiger partial charge in [-0.2, -0.15) is 5.10 Å². The molecule has 0 fully saturated rings. The molecular formula is C22H28N4O3. The van der Waals surface area contributed by atoms with Gasteiger partial charge < -0.3 is 15.0 Å². The molecule has 0 bridgehead atoms. The highest BCUT2D eigenvalue weighted by atomic mass is 16.5. The largest absolute Gasteiger partial charge is 0.484 e. The molecule has 0 aliphatic heterocycles. The Bertz CT molecular complexity index is 816. The highest BCUT2D eigenvalue weighted by Crippen LogP contribution is 2.13. The van der Waals surface area contributed by atoms with Crippen molar-refractivity contribution in [3.05, 3.63) is 60.2 Å². The Kier molecular flexibility index (Phi) is 8.69. The van der Waals surface area contributed by atoms with Gasteiger partial charge in [-0.25, -0.2) is 5.43 Å². The van der Waals surface area contributed by atoms with Gasteiger partial charge in [-0.3, -0.25) is 9.59 Å². The van der Waals surface area contributed by atoms with E-state index in [9.17, 15) is 9.59 Å². The fourth-order valence-corrected chi connectivity index (χ4v) is 2.59. The van der Waals surface area contributed by atoms with Crippen molar-refractivity contribution < 1.29 is 14.3 Å². The van der Waals surface area contributed by atoms with Gasteiger partial charge in [0, 0.05) is 18.8 Å². The highest BCUT2D eigenvalue weighted by Gasteiger charge is 2.10. The van der Waals surface area contributed by atoms with Crippen molar-refractivity contribution in [2.45, 2.75) is 20.8 Å². The van der Waals surface area contributed by atoms with Gasteiger partial charge in [-0.05, 0) is 62.7 Å². The molecule has 2 aromatic carbocycles. The van der Waals surface area contributed by atoms with Crippen LogP contribution in [0.1, 0.15) is 26.3 Å². The summed E-state index contributed by atoms with van der Waals surface area (Å²) in [4.78, 5) is 25.6. The average Bonchev–Trinajstić information content (AvgIpc) is 2.76. The molecule has 0 aromatic heterocycles. The molecule has 154 valence electrons. The monoisotopic (exact) mass is 396 g/mol. The first-order valence-electron chi connectivity index (χ1n) is 9.66. The summed E-state index contributed by atoms with van der Waals surface area (Å²) in [6.45, 7) is 7.17. The van der Waals surface area contributed by atoms with Gasteiger partial charge in [0.1, 0.15) is 5.75 Å². The first-order chi connectivity index (χ1) is 14.0. The van der Waals surface area contributed by atoms with E-state index in [1.165, 1.54) is 0 Å². The number of likely N-dealkylation sites (N-methyl/N-ethyl adjacent to an activating group) is 1. The van der Waals surface area contributed by atoms with Crippen LogP contribution in [0.3, 0.4) is 0 Å². The maximum Gasteiger partial charge on any atom is 0.260 e. The van der Waals surface area contributed by atoms with E-state index >= 15 is 0 Å². The zero-order valence-corrected chi connectivity index (χ0v) is 17.1. The third-order valence-corrected chi connectivity index (χ3v) is 4.33. The van der Waals surface area contributed by atoms with Crippen LogP contribution in [0.15, 0.2) is 59.7 Å². The van der Waals surface area contributed by atoms with Gasteiger partial charge in [-0.15, -0.1) is 0 Å². The molecular weight excluding hydrogens is 368 g/mol. The Morgan fingerprint density at radius 1 is 1.00 bits per heavy atom. The summed E-state index contributed by atoms with van der Waals surface area (Å²) in [5, 5.41) is 7.16. The Balaban J connectivity index is 1.82.